The molecule has 0 aliphatic heterocycles. The van der Waals surface area contributed by atoms with E-state index in [1.165, 1.54) is 31.4 Å². The van der Waals surface area contributed by atoms with Crippen molar-refractivity contribution in [2.75, 3.05) is 7.11 Å². The van der Waals surface area contributed by atoms with Crippen LogP contribution in [0, 0.1) is 0 Å². The molecule has 0 saturated heterocycles. The summed E-state index contributed by atoms with van der Waals surface area (Å²) in [5.74, 6) is 0.437. The largest absolute Gasteiger partial charge is 0.507 e. The van der Waals surface area contributed by atoms with E-state index in [1.807, 2.05) is 0 Å². The summed E-state index contributed by atoms with van der Waals surface area (Å²) >= 11 is 0. The average Bonchev–Trinajstić information content (AvgIpc) is 2.78. The molecule has 32 heavy (non-hydrogen) atoms. The summed E-state index contributed by atoms with van der Waals surface area (Å²) < 4.78 is 43.9. The van der Waals surface area contributed by atoms with Gasteiger partial charge in [-0.3, -0.25) is 0 Å². The smallest absolute Gasteiger partial charge is 0.416 e. The van der Waals surface area contributed by atoms with Gasteiger partial charge in [0.2, 0.25) is 0 Å². The van der Waals surface area contributed by atoms with Gasteiger partial charge in [0, 0.05) is 11.6 Å². The van der Waals surface area contributed by atoms with Gasteiger partial charge in [-0.25, -0.2) is 15.0 Å². The van der Waals surface area contributed by atoms with Crippen molar-refractivity contribution in [2.45, 2.75) is 6.18 Å². The molecule has 6 nitrogen and oxygen atoms in total. The molecule has 0 radical (unpaired) electrons. The third kappa shape index (κ3) is 4.18. The minimum Gasteiger partial charge on any atom is -0.507 e. The number of benzene rings is 3. The van der Waals surface area contributed by atoms with E-state index in [9.17, 15) is 23.4 Å². The number of nitrogens with zero attached hydrogens (tertiary/aromatic N) is 3. The molecule has 9 heteroatoms. The summed E-state index contributed by atoms with van der Waals surface area (Å²) in [5.41, 5.74) is 0.0749. The van der Waals surface area contributed by atoms with Crippen LogP contribution < -0.4 is 4.74 Å². The van der Waals surface area contributed by atoms with E-state index in [-0.39, 0.29) is 34.5 Å². The van der Waals surface area contributed by atoms with E-state index < -0.39 is 11.7 Å². The van der Waals surface area contributed by atoms with E-state index in [0.717, 1.165) is 12.1 Å². The molecule has 162 valence electrons. The molecule has 1 heterocycles. The zero-order valence-electron chi connectivity index (χ0n) is 16.6. The Morgan fingerprint density at radius 3 is 1.88 bits per heavy atom. The fourth-order valence-electron chi connectivity index (χ4n) is 3.04. The summed E-state index contributed by atoms with van der Waals surface area (Å²) in [6.45, 7) is 0. The Morgan fingerprint density at radius 2 is 1.31 bits per heavy atom. The van der Waals surface area contributed by atoms with E-state index in [1.54, 1.807) is 30.3 Å². The van der Waals surface area contributed by atoms with E-state index in [0.29, 0.717) is 16.9 Å². The number of aromatic nitrogens is 3. The van der Waals surface area contributed by atoms with Crippen LogP contribution in [-0.4, -0.2) is 32.3 Å². The Balaban J connectivity index is 1.89. The van der Waals surface area contributed by atoms with Gasteiger partial charge in [0.25, 0.3) is 0 Å². The number of alkyl halides is 3. The second kappa shape index (κ2) is 8.18. The number of phenols is 2. The quantitative estimate of drug-likeness (QED) is 0.448. The number of halogens is 3. The molecule has 2 N–H and O–H groups in total. The van der Waals surface area contributed by atoms with Gasteiger partial charge < -0.3 is 14.9 Å². The standard InChI is InChI=1S/C23H16F3N3O3/c1-32-15-10-11-17(19(31)12-15)22-28-20(13-6-8-14(9-7-13)23(24,25)26)27-21(29-22)16-4-2-3-5-18(16)30/h2-12,30-31H,1H3. The van der Waals surface area contributed by atoms with Crippen molar-refractivity contribution in [3.05, 3.63) is 72.3 Å². The molecular formula is C23H16F3N3O3. The molecule has 1 aromatic heterocycles. The molecule has 0 aliphatic carbocycles. The molecule has 4 rings (SSSR count). The van der Waals surface area contributed by atoms with Crippen molar-refractivity contribution in [1.29, 1.82) is 0 Å². The number of hydrogen-bond donors (Lipinski definition) is 2. The first-order valence-electron chi connectivity index (χ1n) is 9.35. The molecule has 0 fully saturated rings. The van der Waals surface area contributed by atoms with E-state index in [2.05, 4.69) is 15.0 Å². The molecule has 0 atom stereocenters. The molecule has 0 bridgehead atoms. The third-order valence-corrected chi connectivity index (χ3v) is 4.70. The van der Waals surface area contributed by atoms with Gasteiger partial charge in [-0.15, -0.1) is 0 Å². The Bertz CT molecular complexity index is 1280. The number of methoxy groups -OCH3 is 1. The molecule has 0 spiro atoms. The van der Waals surface area contributed by atoms with Gasteiger partial charge in [0.1, 0.15) is 17.2 Å². The molecule has 0 unspecified atom stereocenters. The predicted molar refractivity (Wildman–Crippen MR) is 111 cm³/mol. The van der Waals surface area contributed by atoms with Crippen molar-refractivity contribution < 1.29 is 28.1 Å². The summed E-state index contributed by atoms with van der Waals surface area (Å²) in [5, 5.41) is 20.7. The van der Waals surface area contributed by atoms with Crippen molar-refractivity contribution in [3.8, 4) is 51.4 Å². The summed E-state index contributed by atoms with van der Waals surface area (Å²) in [7, 11) is 1.45. The molecule has 0 saturated carbocycles. The molecule has 3 aromatic carbocycles. The number of para-hydroxylation sites is 1. The van der Waals surface area contributed by atoms with Gasteiger partial charge in [0.05, 0.1) is 23.8 Å². The van der Waals surface area contributed by atoms with Crippen LogP contribution in [-0.2, 0) is 6.18 Å². The van der Waals surface area contributed by atoms with Crippen molar-refractivity contribution >= 4 is 0 Å². The first-order chi connectivity index (χ1) is 15.3. The van der Waals surface area contributed by atoms with Crippen LogP contribution >= 0.6 is 0 Å². The van der Waals surface area contributed by atoms with E-state index in [4.69, 9.17) is 4.74 Å². The highest BCUT2D eigenvalue weighted by molar-refractivity contribution is 5.72. The van der Waals surface area contributed by atoms with E-state index >= 15 is 0 Å². The zero-order valence-corrected chi connectivity index (χ0v) is 16.6. The van der Waals surface area contributed by atoms with Crippen molar-refractivity contribution in [3.63, 3.8) is 0 Å². The first kappa shape index (κ1) is 21.1. The maximum Gasteiger partial charge on any atom is 0.416 e. The maximum atomic E-state index is 12.9. The van der Waals surface area contributed by atoms with Gasteiger partial charge in [0.15, 0.2) is 17.5 Å². The Morgan fingerprint density at radius 1 is 0.719 bits per heavy atom. The van der Waals surface area contributed by atoms with Crippen LogP contribution in [0.2, 0.25) is 0 Å². The SMILES string of the molecule is COc1ccc(-c2nc(-c3ccc(C(F)(F)F)cc3)nc(-c3ccccc3O)n2)c(O)c1. The molecular weight excluding hydrogens is 423 g/mol. The zero-order chi connectivity index (χ0) is 22.9. The molecule has 0 amide bonds. The lowest BCUT2D eigenvalue weighted by atomic mass is 10.1. The lowest BCUT2D eigenvalue weighted by molar-refractivity contribution is -0.137. The highest BCUT2D eigenvalue weighted by Crippen LogP contribution is 2.35. The highest BCUT2D eigenvalue weighted by Gasteiger charge is 2.30. The van der Waals surface area contributed by atoms with Crippen LogP contribution in [0.3, 0.4) is 0 Å². The first-order valence-corrected chi connectivity index (χ1v) is 9.35. The monoisotopic (exact) mass is 439 g/mol. The minimum atomic E-state index is -4.47. The second-order valence-corrected chi connectivity index (χ2v) is 6.78. The Kier molecular flexibility index (Phi) is 5.40. The Hall–Kier alpha value is -4.14. The summed E-state index contributed by atoms with van der Waals surface area (Å²) in [4.78, 5) is 13.1. The summed E-state index contributed by atoms with van der Waals surface area (Å²) in [6.07, 6.45) is -4.47. The fourth-order valence-corrected chi connectivity index (χ4v) is 3.04. The van der Waals surface area contributed by atoms with Crippen molar-refractivity contribution in [1.82, 2.24) is 15.0 Å². The number of aromatic hydroxyl groups is 2. The lowest BCUT2D eigenvalue weighted by Crippen LogP contribution is -2.05. The number of phenolic OH excluding ortho intramolecular Hbond substituents is 2. The normalized spacial score (nSPS) is 11.4. The van der Waals surface area contributed by atoms with Crippen molar-refractivity contribution in [2.24, 2.45) is 0 Å². The number of rotatable bonds is 4. The lowest BCUT2D eigenvalue weighted by Gasteiger charge is -2.11. The Labute approximate surface area is 180 Å². The predicted octanol–water partition coefficient (Wildman–Crippen LogP) is 5.31. The molecule has 0 aliphatic rings. The summed E-state index contributed by atoms with van der Waals surface area (Å²) in [6, 6.07) is 15.3. The third-order valence-electron chi connectivity index (χ3n) is 4.70. The number of ether oxygens (including phenoxy) is 1. The van der Waals surface area contributed by atoms with Gasteiger partial charge in [-0.1, -0.05) is 24.3 Å². The van der Waals surface area contributed by atoms with Gasteiger partial charge in [-0.2, -0.15) is 13.2 Å². The molecule has 4 aromatic rings. The van der Waals surface area contributed by atoms with Crippen LogP contribution in [0.5, 0.6) is 17.2 Å². The fraction of sp³-hybridized carbons (Fsp3) is 0.0870. The topological polar surface area (TPSA) is 88.4 Å². The van der Waals surface area contributed by atoms with Crippen LogP contribution in [0.25, 0.3) is 34.2 Å². The van der Waals surface area contributed by atoms with Crippen LogP contribution in [0.1, 0.15) is 5.56 Å². The highest BCUT2D eigenvalue weighted by atomic mass is 19.4. The number of hydrogen-bond acceptors (Lipinski definition) is 6. The van der Waals surface area contributed by atoms with Crippen LogP contribution in [0.15, 0.2) is 66.7 Å². The minimum absolute atomic E-state index is 0.0771. The second-order valence-electron chi connectivity index (χ2n) is 6.78. The average molecular weight is 439 g/mol. The maximum absolute atomic E-state index is 12.9. The van der Waals surface area contributed by atoms with Gasteiger partial charge >= 0.3 is 6.18 Å². The van der Waals surface area contributed by atoms with Gasteiger partial charge in [-0.05, 0) is 36.4 Å². The van der Waals surface area contributed by atoms with Crippen LogP contribution in [0.4, 0.5) is 13.2 Å².